The van der Waals surface area contributed by atoms with Gasteiger partial charge >= 0.3 is 0 Å². The van der Waals surface area contributed by atoms with Crippen molar-refractivity contribution in [1.29, 1.82) is 0 Å². The first-order valence-corrected chi connectivity index (χ1v) is 9.35. The Balaban J connectivity index is 1.53. The number of halogens is 1. The molecular weight excluding hydrogens is 371 g/mol. The van der Waals surface area contributed by atoms with Crippen molar-refractivity contribution < 1.29 is 14.0 Å². The van der Waals surface area contributed by atoms with Crippen LogP contribution in [0.1, 0.15) is 12.8 Å². The molecule has 144 valence electrons. The number of anilines is 1. The average Bonchev–Trinajstić information content (AvgIpc) is 3.34. The summed E-state index contributed by atoms with van der Waals surface area (Å²) in [5.41, 5.74) is 2.17. The lowest BCUT2D eigenvalue weighted by atomic mass is 10.0. The van der Waals surface area contributed by atoms with Crippen LogP contribution in [0.15, 0.2) is 54.6 Å². The van der Waals surface area contributed by atoms with Gasteiger partial charge in [0.2, 0.25) is 11.8 Å². The van der Waals surface area contributed by atoms with Crippen LogP contribution in [-0.4, -0.2) is 28.1 Å². The summed E-state index contributed by atoms with van der Waals surface area (Å²) in [5.74, 6) is -1.16. The Hall–Kier alpha value is -3.74. The first-order chi connectivity index (χ1) is 14.1. The van der Waals surface area contributed by atoms with E-state index in [4.69, 9.17) is 0 Å². The molecule has 1 aromatic heterocycles. The van der Waals surface area contributed by atoms with E-state index in [0.717, 1.165) is 16.3 Å². The molecule has 7 heteroatoms. The summed E-state index contributed by atoms with van der Waals surface area (Å²) in [6.07, 6.45) is 0.704. The smallest absolute Gasteiger partial charge is 0.247 e. The van der Waals surface area contributed by atoms with Crippen LogP contribution in [0.5, 0.6) is 0 Å². The van der Waals surface area contributed by atoms with Gasteiger partial charge < -0.3 is 10.6 Å². The van der Waals surface area contributed by atoms with Crippen molar-refractivity contribution in [2.24, 2.45) is 0 Å². The SMILES string of the molecule is O=C1CC[C@H](C(=O)Nc2cc3c(-c4ccc5ccccc5c4)n[nH]c3cc2F)N1. The van der Waals surface area contributed by atoms with E-state index < -0.39 is 17.8 Å². The van der Waals surface area contributed by atoms with Gasteiger partial charge in [0, 0.05) is 23.4 Å². The molecule has 4 aromatic rings. The van der Waals surface area contributed by atoms with E-state index in [9.17, 15) is 14.0 Å². The number of rotatable bonds is 3. The zero-order valence-corrected chi connectivity index (χ0v) is 15.3. The number of benzene rings is 3. The van der Waals surface area contributed by atoms with Crippen molar-refractivity contribution in [3.63, 3.8) is 0 Å². The lowest BCUT2D eigenvalue weighted by molar-refractivity contribution is -0.122. The number of aromatic nitrogens is 2. The topological polar surface area (TPSA) is 86.9 Å². The lowest BCUT2D eigenvalue weighted by Gasteiger charge is -2.12. The van der Waals surface area contributed by atoms with Crippen LogP contribution in [0.4, 0.5) is 10.1 Å². The summed E-state index contributed by atoms with van der Waals surface area (Å²) in [5, 5.41) is 15.3. The normalized spacial score (nSPS) is 16.3. The molecular formula is C22H17FN4O2. The minimum Gasteiger partial charge on any atom is -0.344 e. The molecule has 1 aliphatic heterocycles. The second kappa shape index (κ2) is 6.70. The molecule has 3 N–H and O–H groups in total. The molecule has 6 nitrogen and oxygen atoms in total. The Morgan fingerprint density at radius 2 is 1.93 bits per heavy atom. The van der Waals surface area contributed by atoms with E-state index in [0.29, 0.717) is 29.4 Å². The second-order valence-corrected chi connectivity index (χ2v) is 7.16. The zero-order valence-electron chi connectivity index (χ0n) is 15.3. The lowest BCUT2D eigenvalue weighted by Crippen LogP contribution is -2.37. The van der Waals surface area contributed by atoms with E-state index in [1.165, 1.54) is 6.07 Å². The first-order valence-electron chi connectivity index (χ1n) is 9.35. The molecule has 1 atom stereocenters. The number of fused-ring (bicyclic) bond motifs is 2. The number of aromatic amines is 1. The maximum absolute atomic E-state index is 14.5. The molecule has 1 fully saturated rings. The molecule has 0 unspecified atom stereocenters. The fourth-order valence-electron chi connectivity index (χ4n) is 3.72. The summed E-state index contributed by atoms with van der Waals surface area (Å²) >= 11 is 0. The summed E-state index contributed by atoms with van der Waals surface area (Å²) in [6, 6.07) is 16.3. The van der Waals surface area contributed by atoms with Crippen molar-refractivity contribution in [1.82, 2.24) is 15.5 Å². The molecule has 1 saturated heterocycles. The third-order valence-corrected chi connectivity index (χ3v) is 5.24. The van der Waals surface area contributed by atoms with Gasteiger partial charge in [-0.05, 0) is 29.3 Å². The molecule has 0 radical (unpaired) electrons. The Morgan fingerprint density at radius 1 is 1.10 bits per heavy atom. The maximum Gasteiger partial charge on any atom is 0.247 e. The highest BCUT2D eigenvalue weighted by atomic mass is 19.1. The molecule has 5 rings (SSSR count). The Bertz CT molecular complexity index is 1280. The van der Waals surface area contributed by atoms with Gasteiger partial charge in [0.15, 0.2) is 0 Å². The van der Waals surface area contributed by atoms with Crippen molar-refractivity contribution in [3.05, 3.63) is 60.4 Å². The number of nitrogens with zero attached hydrogens (tertiary/aromatic N) is 1. The molecule has 29 heavy (non-hydrogen) atoms. The number of H-pyrrole nitrogens is 1. The Morgan fingerprint density at radius 3 is 2.72 bits per heavy atom. The van der Waals surface area contributed by atoms with Crippen LogP contribution in [0.25, 0.3) is 32.9 Å². The molecule has 0 bridgehead atoms. The van der Waals surface area contributed by atoms with E-state index in [2.05, 4.69) is 20.8 Å². The van der Waals surface area contributed by atoms with Crippen LogP contribution < -0.4 is 10.6 Å². The predicted molar refractivity (Wildman–Crippen MR) is 109 cm³/mol. The van der Waals surface area contributed by atoms with Crippen LogP contribution in [0.3, 0.4) is 0 Å². The Kier molecular flexibility index (Phi) is 4.01. The van der Waals surface area contributed by atoms with Crippen LogP contribution in [0, 0.1) is 5.82 Å². The molecule has 0 saturated carbocycles. The van der Waals surface area contributed by atoms with E-state index in [1.54, 1.807) is 6.07 Å². The highest BCUT2D eigenvalue weighted by Gasteiger charge is 2.28. The molecule has 2 heterocycles. The van der Waals surface area contributed by atoms with Gasteiger partial charge in [-0.15, -0.1) is 0 Å². The average molecular weight is 388 g/mol. The highest BCUT2D eigenvalue weighted by molar-refractivity contribution is 6.02. The van der Waals surface area contributed by atoms with E-state index in [1.807, 2.05) is 42.5 Å². The largest absolute Gasteiger partial charge is 0.344 e. The molecule has 0 spiro atoms. The fourth-order valence-corrected chi connectivity index (χ4v) is 3.72. The summed E-state index contributed by atoms with van der Waals surface area (Å²) in [7, 11) is 0. The van der Waals surface area contributed by atoms with Crippen molar-refractivity contribution >= 4 is 39.2 Å². The summed E-state index contributed by atoms with van der Waals surface area (Å²) in [4.78, 5) is 23.7. The molecule has 1 aliphatic rings. The first kappa shape index (κ1) is 17.4. The monoisotopic (exact) mass is 388 g/mol. The number of carbonyl (C=O) groups excluding carboxylic acids is 2. The summed E-state index contributed by atoms with van der Waals surface area (Å²) in [6.45, 7) is 0. The van der Waals surface area contributed by atoms with Crippen LogP contribution in [-0.2, 0) is 9.59 Å². The number of hydrogen-bond donors (Lipinski definition) is 3. The van der Waals surface area contributed by atoms with E-state index >= 15 is 0 Å². The molecule has 0 aliphatic carbocycles. The second-order valence-electron chi connectivity index (χ2n) is 7.16. The fraction of sp³-hybridized carbons (Fsp3) is 0.136. The number of nitrogens with one attached hydrogen (secondary N) is 3. The molecule has 2 amide bonds. The third kappa shape index (κ3) is 3.10. The number of amides is 2. The van der Waals surface area contributed by atoms with Gasteiger partial charge in [0.25, 0.3) is 0 Å². The van der Waals surface area contributed by atoms with Gasteiger partial charge in [0.1, 0.15) is 11.9 Å². The van der Waals surface area contributed by atoms with Crippen molar-refractivity contribution in [3.8, 4) is 11.3 Å². The van der Waals surface area contributed by atoms with Gasteiger partial charge in [-0.2, -0.15) is 5.10 Å². The summed E-state index contributed by atoms with van der Waals surface area (Å²) < 4.78 is 14.5. The highest BCUT2D eigenvalue weighted by Crippen LogP contribution is 2.32. The van der Waals surface area contributed by atoms with E-state index in [-0.39, 0.29) is 11.6 Å². The van der Waals surface area contributed by atoms with Crippen LogP contribution >= 0.6 is 0 Å². The number of carbonyl (C=O) groups is 2. The molecule has 3 aromatic carbocycles. The van der Waals surface area contributed by atoms with Crippen molar-refractivity contribution in [2.75, 3.05) is 5.32 Å². The maximum atomic E-state index is 14.5. The minimum atomic E-state index is -0.637. The van der Waals surface area contributed by atoms with Crippen LogP contribution in [0.2, 0.25) is 0 Å². The van der Waals surface area contributed by atoms with Gasteiger partial charge in [-0.3, -0.25) is 14.7 Å². The van der Waals surface area contributed by atoms with Gasteiger partial charge in [-0.1, -0.05) is 36.4 Å². The standard InChI is InChI=1S/C22H17FN4O2/c23-16-11-18-15(10-19(16)25-22(29)17-7-8-20(28)24-17)21(27-26-18)14-6-5-12-3-1-2-4-13(12)9-14/h1-6,9-11,17H,7-8H2,(H,24,28)(H,25,29)(H,26,27)/t17-/m1/s1. The van der Waals surface area contributed by atoms with Gasteiger partial charge in [0.05, 0.1) is 16.9 Å². The van der Waals surface area contributed by atoms with Gasteiger partial charge in [-0.25, -0.2) is 4.39 Å². The number of hydrogen-bond acceptors (Lipinski definition) is 3. The minimum absolute atomic E-state index is 0.0621. The third-order valence-electron chi connectivity index (χ3n) is 5.24. The zero-order chi connectivity index (χ0) is 20.0. The van der Waals surface area contributed by atoms with Crippen molar-refractivity contribution in [2.45, 2.75) is 18.9 Å². The Labute approximate surface area is 165 Å². The quantitative estimate of drug-likeness (QED) is 0.500. The predicted octanol–water partition coefficient (Wildman–Crippen LogP) is 3.74.